The number of nitrogens with two attached hydrogens (primary N) is 1. The highest BCUT2D eigenvalue weighted by Gasteiger charge is 2.29. The average Bonchev–Trinajstić information content (AvgIpc) is 2.73. The van der Waals surface area contributed by atoms with E-state index in [2.05, 4.69) is 5.32 Å². The fourth-order valence-electron chi connectivity index (χ4n) is 2.12. The smallest absolute Gasteiger partial charge is 0.240 e. The zero-order valence-corrected chi connectivity index (χ0v) is 11.2. The van der Waals surface area contributed by atoms with Crippen LogP contribution in [0.4, 0.5) is 5.69 Å². The van der Waals surface area contributed by atoms with Crippen LogP contribution in [-0.4, -0.2) is 27.2 Å². The van der Waals surface area contributed by atoms with Crippen molar-refractivity contribution < 1.29 is 13.2 Å². The maximum absolute atomic E-state index is 11.4. The molecular weight excluding hydrogens is 252 g/mol. The number of benzene rings is 1. The first-order valence-electron chi connectivity index (χ1n) is 5.90. The largest absolute Gasteiger partial charge is 0.381 e. The van der Waals surface area contributed by atoms with Crippen molar-refractivity contribution in [3.05, 3.63) is 24.3 Å². The third-order valence-corrected chi connectivity index (χ3v) is 4.12. The summed E-state index contributed by atoms with van der Waals surface area (Å²) in [5.41, 5.74) is 0.294. The summed E-state index contributed by atoms with van der Waals surface area (Å²) in [6, 6.07) is 6.63. The van der Waals surface area contributed by atoms with E-state index in [0.717, 1.165) is 19.4 Å². The van der Waals surface area contributed by atoms with Crippen molar-refractivity contribution in [2.24, 2.45) is 5.14 Å². The van der Waals surface area contributed by atoms with E-state index >= 15 is 0 Å². The van der Waals surface area contributed by atoms with Gasteiger partial charge in [-0.15, -0.1) is 0 Å². The zero-order chi connectivity index (χ0) is 13.2. The first kappa shape index (κ1) is 13.3. The molecule has 6 heteroatoms. The molecule has 0 radical (unpaired) electrons. The highest BCUT2D eigenvalue weighted by molar-refractivity contribution is 7.89. The summed E-state index contributed by atoms with van der Waals surface area (Å²) in [6.07, 6.45) is 2.01. The van der Waals surface area contributed by atoms with Crippen LogP contribution >= 0.6 is 0 Å². The lowest BCUT2D eigenvalue weighted by Gasteiger charge is -2.24. The monoisotopic (exact) mass is 270 g/mol. The van der Waals surface area contributed by atoms with Crippen LogP contribution in [0.25, 0.3) is 0 Å². The first-order valence-corrected chi connectivity index (χ1v) is 7.45. The van der Waals surface area contributed by atoms with Gasteiger partial charge in [-0.05, 0) is 31.9 Å². The summed E-state index contributed by atoms with van der Waals surface area (Å²) in [5, 5.41) is 8.29. The Balaban J connectivity index is 2.15. The predicted molar refractivity (Wildman–Crippen MR) is 69.9 cm³/mol. The number of nitrogens with one attached hydrogen (secondary N) is 1. The number of rotatable bonds is 4. The van der Waals surface area contributed by atoms with E-state index in [0.29, 0.717) is 12.2 Å². The van der Waals surface area contributed by atoms with Gasteiger partial charge in [0.05, 0.1) is 11.3 Å². The van der Waals surface area contributed by atoms with E-state index in [1.807, 2.05) is 6.92 Å². The molecule has 1 aromatic rings. The molecule has 0 aliphatic carbocycles. The maximum atomic E-state index is 11.4. The van der Waals surface area contributed by atoms with Crippen LogP contribution in [0.15, 0.2) is 29.2 Å². The van der Waals surface area contributed by atoms with Gasteiger partial charge < -0.3 is 10.1 Å². The normalized spacial score (nSPS) is 24.1. The third kappa shape index (κ3) is 3.01. The Morgan fingerprint density at radius 3 is 2.78 bits per heavy atom. The van der Waals surface area contributed by atoms with Gasteiger partial charge in [-0.3, -0.25) is 0 Å². The van der Waals surface area contributed by atoms with Crippen LogP contribution in [0.2, 0.25) is 0 Å². The van der Waals surface area contributed by atoms with Crippen molar-refractivity contribution in [3.8, 4) is 0 Å². The standard InChI is InChI=1S/C12H18N2O3S/c1-12(7-4-8-17-12)9-14-10-5-2-3-6-11(10)18(13,15)16/h2-3,5-6,14H,4,7-9H2,1H3,(H2,13,15,16). The quantitative estimate of drug-likeness (QED) is 0.864. The van der Waals surface area contributed by atoms with E-state index in [1.54, 1.807) is 18.2 Å². The second kappa shape index (κ2) is 4.87. The Morgan fingerprint density at radius 1 is 1.44 bits per heavy atom. The van der Waals surface area contributed by atoms with Crippen LogP contribution in [-0.2, 0) is 14.8 Å². The van der Waals surface area contributed by atoms with Crippen LogP contribution in [0.1, 0.15) is 19.8 Å². The molecule has 5 nitrogen and oxygen atoms in total. The van der Waals surface area contributed by atoms with Gasteiger partial charge in [-0.25, -0.2) is 13.6 Å². The Morgan fingerprint density at radius 2 is 2.17 bits per heavy atom. The van der Waals surface area contributed by atoms with Crippen molar-refractivity contribution in [2.45, 2.75) is 30.3 Å². The molecule has 1 aromatic carbocycles. The molecule has 0 aromatic heterocycles. The fourth-order valence-corrected chi connectivity index (χ4v) is 2.83. The van der Waals surface area contributed by atoms with E-state index < -0.39 is 10.0 Å². The minimum Gasteiger partial charge on any atom is -0.381 e. The number of anilines is 1. The molecule has 1 unspecified atom stereocenters. The first-order chi connectivity index (χ1) is 8.41. The van der Waals surface area contributed by atoms with Gasteiger partial charge in [-0.1, -0.05) is 12.1 Å². The number of hydrogen-bond acceptors (Lipinski definition) is 4. The number of primary sulfonamides is 1. The van der Waals surface area contributed by atoms with Crippen molar-refractivity contribution >= 4 is 15.7 Å². The molecule has 0 saturated carbocycles. The minimum absolute atomic E-state index is 0.117. The summed E-state index contributed by atoms with van der Waals surface area (Å²) in [6.45, 7) is 3.35. The molecule has 1 aliphatic rings. The number of para-hydroxylation sites is 1. The summed E-state index contributed by atoms with van der Waals surface area (Å²) in [5.74, 6) is 0. The third-order valence-electron chi connectivity index (χ3n) is 3.15. The van der Waals surface area contributed by atoms with Crippen LogP contribution in [0.3, 0.4) is 0 Å². The van der Waals surface area contributed by atoms with Crippen molar-refractivity contribution in [1.82, 2.24) is 0 Å². The lowest BCUT2D eigenvalue weighted by atomic mass is 10.0. The van der Waals surface area contributed by atoms with Gasteiger partial charge in [0.2, 0.25) is 10.0 Å². The lowest BCUT2D eigenvalue weighted by Crippen LogP contribution is -2.33. The van der Waals surface area contributed by atoms with E-state index in [1.165, 1.54) is 6.07 Å². The Hall–Kier alpha value is -1.11. The van der Waals surface area contributed by atoms with E-state index in [-0.39, 0.29) is 10.5 Å². The topological polar surface area (TPSA) is 81.4 Å². The highest BCUT2D eigenvalue weighted by atomic mass is 32.2. The molecular formula is C12H18N2O3S. The summed E-state index contributed by atoms with van der Waals surface area (Å²) < 4.78 is 28.5. The molecule has 1 saturated heterocycles. The van der Waals surface area contributed by atoms with Crippen LogP contribution < -0.4 is 10.5 Å². The minimum atomic E-state index is -3.70. The van der Waals surface area contributed by atoms with Crippen molar-refractivity contribution in [3.63, 3.8) is 0 Å². The SMILES string of the molecule is CC1(CNc2ccccc2S(N)(=O)=O)CCCO1. The molecule has 100 valence electrons. The molecule has 1 atom stereocenters. The van der Waals surface area contributed by atoms with Crippen LogP contribution in [0, 0.1) is 0 Å². The number of sulfonamides is 1. The molecule has 0 bridgehead atoms. The second-order valence-electron chi connectivity index (χ2n) is 4.80. The average molecular weight is 270 g/mol. The van der Waals surface area contributed by atoms with Gasteiger partial charge in [0.25, 0.3) is 0 Å². The zero-order valence-electron chi connectivity index (χ0n) is 10.3. The fraction of sp³-hybridized carbons (Fsp3) is 0.500. The second-order valence-corrected chi connectivity index (χ2v) is 6.33. The molecule has 1 fully saturated rings. The summed E-state index contributed by atoms with van der Waals surface area (Å²) in [7, 11) is -3.70. The highest BCUT2D eigenvalue weighted by Crippen LogP contribution is 2.27. The summed E-state index contributed by atoms with van der Waals surface area (Å²) in [4.78, 5) is 0.117. The van der Waals surface area contributed by atoms with Gasteiger partial charge in [0.1, 0.15) is 4.90 Å². The van der Waals surface area contributed by atoms with Crippen molar-refractivity contribution in [2.75, 3.05) is 18.5 Å². The molecule has 0 spiro atoms. The summed E-state index contributed by atoms with van der Waals surface area (Å²) >= 11 is 0. The Labute approximate surface area is 107 Å². The van der Waals surface area contributed by atoms with Gasteiger partial charge in [0, 0.05) is 13.2 Å². The maximum Gasteiger partial charge on any atom is 0.240 e. The molecule has 0 amide bonds. The number of ether oxygens (including phenoxy) is 1. The molecule has 2 rings (SSSR count). The molecule has 18 heavy (non-hydrogen) atoms. The predicted octanol–water partition coefficient (Wildman–Crippen LogP) is 1.32. The van der Waals surface area contributed by atoms with Gasteiger partial charge in [-0.2, -0.15) is 0 Å². The molecule has 1 aliphatic heterocycles. The van der Waals surface area contributed by atoms with E-state index in [9.17, 15) is 8.42 Å². The lowest BCUT2D eigenvalue weighted by molar-refractivity contribution is 0.0315. The molecule has 3 N–H and O–H groups in total. The Bertz CT molecular complexity index is 522. The van der Waals surface area contributed by atoms with E-state index in [4.69, 9.17) is 9.88 Å². The van der Waals surface area contributed by atoms with Gasteiger partial charge in [0.15, 0.2) is 0 Å². The van der Waals surface area contributed by atoms with Crippen LogP contribution in [0.5, 0.6) is 0 Å². The molecule has 1 heterocycles. The van der Waals surface area contributed by atoms with Gasteiger partial charge >= 0.3 is 0 Å². The number of hydrogen-bond donors (Lipinski definition) is 2. The Kier molecular flexibility index (Phi) is 3.61. The van der Waals surface area contributed by atoms with Crippen molar-refractivity contribution in [1.29, 1.82) is 0 Å².